The maximum Gasteiger partial charge on any atom is 0.266 e. The van der Waals surface area contributed by atoms with Gasteiger partial charge in [0.05, 0.1) is 5.56 Å². The van der Waals surface area contributed by atoms with Crippen molar-refractivity contribution >= 4 is 0 Å². The Morgan fingerprint density at radius 1 is 1.33 bits per heavy atom. The second kappa shape index (κ2) is 5.16. The lowest BCUT2D eigenvalue weighted by atomic mass is 9.93. The van der Waals surface area contributed by atoms with Crippen molar-refractivity contribution in [1.29, 1.82) is 0 Å². The third-order valence-electron chi connectivity index (χ3n) is 2.44. The number of hydrogen-bond acceptors (Lipinski definition) is 1. The molecule has 0 amide bonds. The molecule has 0 saturated carbocycles. The van der Waals surface area contributed by atoms with E-state index in [1.165, 1.54) is 12.1 Å². The molecule has 0 aromatic heterocycles. The smallest absolute Gasteiger partial charge is 0.266 e. The van der Waals surface area contributed by atoms with Crippen LogP contribution in [0, 0.1) is 5.82 Å². The molecular formula is C11H14F3N. The number of hydrogen-bond donors (Lipinski definition) is 1. The van der Waals surface area contributed by atoms with E-state index in [1.54, 1.807) is 6.92 Å². The van der Waals surface area contributed by atoms with Gasteiger partial charge in [-0.2, -0.15) is 0 Å². The Labute approximate surface area is 87.1 Å². The minimum absolute atomic E-state index is 0.144. The second-order valence-corrected chi connectivity index (χ2v) is 3.52. The van der Waals surface area contributed by atoms with E-state index in [1.807, 2.05) is 0 Å². The molecule has 1 aromatic rings. The number of benzene rings is 1. The van der Waals surface area contributed by atoms with Crippen LogP contribution < -0.4 is 5.73 Å². The summed E-state index contributed by atoms with van der Waals surface area (Å²) in [5.74, 6) is -0.985. The number of nitrogens with two attached hydrogens (primary N) is 1. The van der Waals surface area contributed by atoms with Crippen molar-refractivity contribution in [1.82, 2.24) is 0 Å². The number of halogens is 3. The van der Waals surface area contributed by atoms with Gasteiger partial charge in [-0.05, 0) is 30.5 Å². The SMILES string of the molecule is CC(CCN)c1cccc(F)c1C(F)F. The highest BCUT2D eigenvalue weighted by molar-refractivity contribution is 5.32. The molecule has 0 saturated heterocycles. The topological polar surface area (TPSA) is 26.0 Å². The first-order chi connectivity index (χ1) is 7.07. The Hall–Kier alpha value is -1.03. The molecule has 1 nitrogen and oxygen atoms in total. The first-order valence-corrected chi connectivity index (χ1v) is 4.84. The number of alkyl halides is 2. The summed E-state index contributed by atoms with van der Waals surface area (Å²) in [5.41, 5.74) is 5.22. The van der Waals surface area contributed by atoms with E-state index < -0.39 is 17.8 Å². The zero-order valence-corrected chi connectivity index (χ0v) is 8.51. The van der Waals surface area contributed by atoms with Gasteiger partial charge in [0.25, 0.3) is 6.43 Å². The molecule has 1 unspecified atom stereocenters. The minimum atomic E-state index is -2.78. The minimum Gasteiger partial charge on any atom is -0.330 e. The van der Waals surface area contributed by atoms with Gasteiger partial charge >= 0.3 is 0 Å². The van der Waals surface area contributed by atoms with Crippen molar-refractivity contribution < 1.29 is 13.2 Å². The molecule has 1 aromatic carbocycles. The lowest BCUT2D eigenvalue weighted by Gasteiger charge is -2.15. The van der Waals surface area contributed by atoms with Crippen LogP contribution in [-0.2, 0) is 0 Å². The molecule has 0 aliphatic rings. The highest BCUT2D eigenvalue weighted by atomic mass is 19.3. The van der Waals surface area contributed by atoms with Crippen LogP contribution in [0.1, 0.15) is 36.8 Å². The summed E-state index contributed by atoms with van der Waals surface area (Å²) in [5, 5.41) is 0. The fourth-order valence-electron chi connectivity index (χ4n) is 1.62. The molecule has 0 aliphatic heterocycles. The van der Waals surface area contributed by atoms with Crippen LogP contribution in [0.5, 0.6) is 0 Å². The molecule has 0 bridgehead atoms. The van der Waals surface area contributed by atoms with Gasteiger partial charge in [-0.15, -0.1) is 0 Å². The molecule has 4 heteroatoms. The molecule has 0 heterocycles. The van der Waals surface area contributed by atoms with Crippen molar-refractivity contribution in [2.45, 2.75) is 25.7 Å². The predicted molar refractivity (Wildman–Crippen MR) is 53.4 cm³/mol. The second-order valence-electron chi connectivity index (χ2n) is 3.52. The van der Waals surface area contributed by atoms with Crippen molar-refractivity contribution in [3.63, 3.8) is 0 Å². The Balaban J connectivity index is 3.10. The third-order valence-corrected chi connectivity index (χ3v) is 2.44. The quantitative estimate of drug-likeness (QED) is 0.823. The summed E-state index contributed by atoms with van der Waals surface area (Å²) in [6.45, 7) is 2.17. The van der Waals surface area contributed by atoms with Crippen LogP contribution in [0.25, 0.3) is 0 Å². The first kappa shape index (κ1) is 12.0. The molecule has 0 fully saturated rings. The van der Waals surface area contributed by atoms with Crippen LogP contribution in [0.2, 0.25) is 0 Å². The highest BCUT2D eigenvalue weighted by Gasteiger charge is 2.20. The van der Waals surface area contributed by atoms with Crippen molar-refractivity contribution in [2.75, 3.05) is 6.54 Å². The van der Waals surface area contributed by atoms with Crippen LogP contribution in [0.15, 0.2) is 18.2 Å². The molecule has 0 spiro atoms. The third kappa shape index (κ3) is 2.72. The maximum atomic E-state index is 13.2. The summed E-state index contributed by atoms with van der Waals surface area (Å²) in [6.07, 6.45) is -2.20. The summed E-state index contributed by atoms with van der Waals surface area (Å²) in [6, 6.07) is 4.04. The highest BCUT2D eigenvalue weighted by Crippen LogP contribution is 2.31. The fraction of sp³-hybridized carbons (Fsp3) is 0.455. The average molecular weight is 217 g/mol. The molecule has 15 heavy (non-hydrogen) atoms. The monoisotopic (exact) mass is 217 g/mol. The average Bonchev–Trinajstić information content (AvgIpc) is 2.17. The van der Waals surface area contributed by atoms with Gasteiger partial charge < -0.3 is 5.73 Å². The van der Waals surface area contributed by atoms with Crippen molar-refractivity contribution in [3.05, 3.63) is 35.1 Å². The van der Waals surface area contributed by atoms with Crippen LogP contribution in [0.4, 0.5) is 13.2 Å². The van der Waals surface area contributed by atoms with Crippen LogP contribution in [0.3, 0.4) is 0 Å². The van der Waals surface area contributed by atoms with Crippen LogP contribution >= 0.6 is 0 Å². The summed E-state index contributed by atoms with van der Waals surface area (Å²) >= 11 is 0. The van der Waals surface area contributed by atoms with E-state index in [0.717, 1.165) is 6.07 Å². The number of rotatable bonds is 4. The molecule has 84 valence electrons. The van der Waals surface area contributed by atoms with Crippen LogP contribution in [-0.4, -0.2) is 6.54 Å². The van der Waals surface area contributed by atoms with E-state index in [-0.39, 0.29) is 5.92 Å². The van der Waals surface area contributed by atoms with E-state index in [4.69, 9.17) is 5.73 Å². The van der Waals surface area contributed by atoms with E-state index in [2.05, 4.69) is 0 Å². The molecular weight excluding hydrogens is 203 g/mol. The van der Waals surface area contributed by atoms with Gasteiger partial charge in [-0.3, -0.25) is 0 Å². The molecule has 1 rings (SSSR count). The Morgan fingerprint density at radius 3 is 2.53 bits per heavy atom. The van der Waals surface area contributed by atoms with E-state index in [0.29, 0.717) is 18.5 Å². The lowest BCUT2D eigenvalue weighted by molar-refractivity contribution is 0.144. The fourth-order valence-corrected chi connectivity index (χ4v) is 1.62. The van der Waals surface area contributed by atoms with Gasteiger partial charge in [0.1, 0.15) is 5.82 Å². The van der Waals surface area contributed by atoms with Gasteiger partial charge in [-0.1, -0.05) is 19.1 Å². The molecule has 0 aliphatic carbocycles. The van der Waals surface area contributed by atoms with Gasteiger partial charge in [0.15, 0.2) is 0 Å². The van der Waals surface area contributed by atoms with Gasteiger partial charge in [-0.25, -0.2) is 13.2 Å². The van der Waals surface area contributed by atoms with Gasteiger partial charge in [0, 0.05) is 0 Å². The zero-order chi connectivity index (χ0) is 11.4. The van der Waals surface area contributed by atoms with E-state index >= 15 is 0 Å². The first-order valence-electron chi connectivity index (χ1n) is 4.84. The summed E-state index contributed by atoms with van der Waals surface area (Å²) in [4.78, 5) is 0. The standard InChI is InChI=1S/C11H14F3N/c1-7(5-6-15)8-3-2-4-9(12)10(8)11(13)14/h2-4,7,11H,5-6,15H2,1H3. The van der Waals surface area contributed by atoms with Crippen molar-refractivity contribution in [3.8, 4) is 0 Å². The normalized spacial score (nSPS) is 13.2. The Bertz CT molecular complexity index is 326. The zero-order valence-electron chi connectivity index (χ0n) is 8.51. The largest absolute Gasteiger partial charge is 0.330 e. The maximum absolute atomic E-state index is 13.2. The lowest BCUT2D eigenvalue weighted by Crippen LogP contribution is -2.08. The predicted octanol–water partition coefficient (Wildman–Crippen LogP) is 3.22. The Kier molecular flexibility index (Phi) is 4.15. The molecule has 1 atom stereocenters. The summed E-state index contributed by atoms with van der Waals surface area (Å²) < 4.78 is 38.4. The molecule has 0 radical (unpaired) electrons. The summed E-state index contributed by atoms with van der Waals surface area (Å²) in [7, 11) is 0. The Morgan fingerprint density at radius 2 is 2.00 bits per heavy atom. The van der Waals surface area contributed by atoms with E-state index in [9.17, 15) is 13.2 Å². The van der Waals surface area contributed by atoms with Gasteiger partial charge in [0.2, 0.25) is 0 Å². The molecule has 2 N–H and O–H groups in total. The van der Waals surface area contributed by atoms with Crippen molar-refractivity contribution in [2.24, 2.45) is 5.73 Å².